The summed E-state index contributed by atoms with van der Waals surface area (Å²) in [7, 11) is 0. The molecule has 0 saturated carbocycles. The van der Waals surface area contributed by atoms with Crippen molar-refractivity contribution in [1.82, 2.24) is 0 Å². The average molecular weight is 352 g/mol. The summed E-state index contributed by atoms with van der Waals surface area (Å²) in [6, 6.07) is 29.9. The van der Waals surface area contributed by atoms with Crippen LogP contribution in [0, 0.1) is 0 Å². The maximum absolute atomic E-state index is 9.44. The van der Waals surface area contributed by atoms with E-state index in [9.17, 15) is 4.79 Å². The van der Waals surface area contributed by atoms with Crippen LogP contribution in [0.4, 0.5) is 0 Å². The number of carbonyl (C=O) groups is 1. The number of carbonyl (C=O) groups excluding carboxylic acids is 1. The molecular formula is C26H24O. The summed E-state index contributed by atoms with van der Waals surface area (Å²) in [5.41, 5.74) is 8.01. The summed E-state index contributed by atoms with van der Waals surface area (Å²) in [4.78, 5) is 9.44. The standard InChI is InChI=1S/C23H18.C3H6O/c1-3-9-18(10-4-1)15-21-17-20-13-7-8-14-22(20)23(21)16-19-11-5-2-6-12-19;1-3(2)4/h1-16H,17H2;1-2H3. The van der Waals surface area contributed by atoms with Gasteiger partial charge in [0.1, 0.15) is 5.78 Å². The number of hydrogen-bond donors (Lipinski definition) is 0. The predicted molar refractivity (Wildman–Crippen MR) is 115 cm³/mol. The molecule has 0 aromatic heterocycles. The molecule has 3 aromatic rings. The first kappa shape index (κ1) is 18.6. The summed E-state index contributed by atoms with van der Waals surface area (Å²) in [5.74, 6) is 0.167. The van der Waals surface area contributed by atoms with Crippen molar-refractivity contribution >= 4 is 23.5 Å². The Morgan fingerprint density at radius 2 is 1.19 bits per heavy atom. The monoisotopic (exact) mass is 352 g/mol. The van der Waals surface area contributed by atoms with Gasteiger partial charge in [0.15, 0.2) is 0 Å². The number of benzene rings is 3. The minimum atomic E-state index is 0.167. The molecule has 0 unspecified atom stereocenters. The van der Waals surface area contributed by atoms with Crippen molar-refractivity contribution in [2.24, 2.45) is 0 Å². The quantitative estimate of drug-likeness (QED) is 0.517. The van der Waals surface area contributed by atoms with Crippen LogP contribution < -0.4 is 0 Å². The average Bonchev–Trinajstić information content (AvgIpc) is 3.00. The Morgan fingerprint density at radius 1 is 0.704 bits per heavy atom. The lowest BCUT2D eigenvalue weighted by Crippen LogP contribution is -1.83. The van der Waals surface area contributed by atoms with E-state index in [-0.39, 0.29) is 5.78 Å². The van der Waals surface area contributed by atoms with E-state index in [1.165, 1.54) is 47.2 Å². The highest BCUT2D eigenvalue weighted by Gasteiger charge is 2.20. The zero-order valence-electron chi connectivity index (χ0n) is 15.9. The molecule has 0 saturated heterocycles. The van der Waals surface area contributed by atoms with Gasteiger partial charge in [-0.2, -0.15) is 0 Å². The molecule has 0 heterocycles. The molecule has 1 heteroatoms. The molecule has 0 N–H and O–H groups in total. The molecule has 134 valence electrons. The minimum absolute atomic E-state index is 0.167. The van der Waals surface area contributed by atoms with Gasteiger partial charge in [0.2, 0.25) is 0 Å². The Morgan fingerprint density at radius 3 is 1.78 bits per heavy atom. The van der Waals surface area contributed by atoms with E-state index < -0.39 is 0 Å². The highest BCUT2D eigenvalue weighted by Crippen LogP contribution is 2.38. The van der Waals surface area contributed by atoms with Gasteiger partial charge in [-0.05, 0) is 59.7 Å². The van der Waals surface area contributed by atoms with Crippen molar-refractivity contribution in [3.05, 3.63) is 113 Å². The van der Waals surface area contributed by atoms with Gasteiger partial charge in [0.05, 0.1) is 0 Å². The van der Waals surface area contributed by atoms with Gasteiger partial charge in [-0.3, -0.25) is 0 Å². The maximum atomic E-state index is 9.44. The summed E-state index contributed by atoms with van der Waals surface area (Å²) in [6.45, 7) is 3.06. The van der Waals surface area contributed by atoms with Gasteiger partial charge in [-0.15, -0.1) is 0 Å². The summed E-state index contributed by atoms with van der Waals surface area (Å²) < 4.78 is 0. The molecule has 1 aliphatic rings. The molecule has 0 bridgehead atoms. The van der Waals surface area contributed by atoms with Crippen molar-refractivity contribution in [3.63, 3.8) is 0 Å². The van der Waals surface area contributed by atoms with E-state index in [0.29, 0.717) is 0 Å². The molecule has 1 aliphatic carbocycles. The van der Waals surface area contributed by atoms with E-state index >= 15 is 0 Å². The summed E-state index contributed by atoms with van der Waals surface area (Å²) >= 11 is 0. The van der Waals surface area contributed by atoms with Crippen LogP contribution in [-0.2, 0) is 11.2 Å². The lowest BCUT2D eigenvalue weighted by atomic mass is 10.00. The molecule has 3 aromatic carbocycles. The second-order valence-corrected chi connectivity index (χ2v) is 6.79. The Bertz CT molecular complexity index is 959. The first-order valence-electron chi connectivity index (χ1n) is 9.21. The van der Waals surface area contributed by atoms with Crippen LogP contribution >= 0.6 is 0 Å². The third-order valence-corrected chi connectivity index (χ3v) is 4.29. The second kappa shape index (κ2) is 8.95. The Kier molecular flexibility index (Phi) is 6.17. The van der Waals surface area contributed by atoms with Crippen LogP contribution in [0.3, 0.4) is 0 Å². The van der Waals surface area contributed by atoms with E-state index in [2.05, 4.69) is 97.1 Å². The zero-order chi connectivity index (χ0) is 19.1. The van der Waals surface area contributed by atoms with Crippen molar-refractivity contribution in [1.29, 1.82) is 0 Å². The Labute approximate surface area is 161 Å². The Hall–Kier alpha value is -3.19. The molecule has 0 atom stereocenters. The molecular weight excluding hydrogens is 328 g/mol. The van der Waals surface area contributed by atoms with Gasteiger partial charge >= 0.3 is 0 Å². The van der Waals surface area contributed by atoms with Crippen LogP contribution in [0.5, 0.6) is 0 Å². The number of Topliss-reactive ketones (excluding diaryl/α,β-unsaturated/α-hetero) is 1. The first-order valence-corrected chi connectivity index (χ1v) is 9.21. The fourth-order valence-corrected chi connectivity index (χ4v) is 3.18. The Balaban J connectivity index is 0.000000481. The zero-order valence-corrected chi connectivity index (χ0v) is 15.9. The lowest BCUT2D eigenvalue weighted by Gasteiger charge is -2.04. The highest BCUT2D eigenvalue weighted by atomic mass is 16.1. The number of allylic oxidation sites excluding steroid dienone is 2. The van der Waals surface area contributed by atoms with Gasteiger partial charge < -0.3 is 4.79 Å². The largest absolute Gasteiger partial charge is 0.300 e. The number of fused-ring (bicyclic) bond motifs is 1. The fourth-order valence-electron chi connectivity index (χ4n) is 3.18. The summed E-state index contributed by atoms with van der Waals surface area (Å²) in [6.07, 6.45) is 5.62. The van der Waals surface area contributed by atoms with E-state index in [4.69, 9.17) is 0 Å². The van der Waals surface area contributed by atoms with E-state index in [1.54, 1.807) is 0 Å². The van der Waals surface area contributed by atoms with Gasteiger partial charge in [0, 0.05) is 0 Å². The molecule has 0 amide bonds. The number of ketones is 1. The maximum Gasteiger partial charge on any atom is 0.126 e. The van der Waals surface area contributed by atoms with Crippen LogP contribution in [0.15, 0.2) is 90.5 Å². The molecule has 1 nitrogen and oxygen atoms in total. The smallest absolute Gasteiger partial charge is 0.126 e. The SMILES string of the molecule is C(=C1Cc2ccccc2C1=Cc1ccccc1)c1ccccc1.CC(C)=O. The molecule has 0 aliphatic heterocycles. The molecule has 0 radical (unpaired) electrons. The predicted octanol–water partition coefficient (Wildman–Crippen LogP) is 6.46. The normalized spacial score (nSPS) is 15.2. The lowest BCUT2D eigenvalue weighted by molar-refractivity contribution is -0.114. The summed E-state index contributed by atoms with van der Waals surface area (Å²) in [5, 5.41) is 0. The van der Waals surface area contributed by atoms with E-state index in [0.717, 1.165) is 6.42 Å². The van der Waals surface area contributed by atoms with Crippen LogP contribution in [0.25, 0.3) is 17.7 Å². The molecule has 0 spiro atoms. The first-order chi connectivity index (χ1) is 13.1. The van der Waals surface area contributed by atoms with Crippen molar-refractivity contribution in [2.45, 2.75) is 20.3 Å². The van der Waals surface area contributed by atoms with Gasteiger partial charge in [-0.25, -0.2) is 0 Å². The van der Waals surface area contributed by atoms with Crippen molar-refractivity contribution in [3.8, 4) is 0 Å². The minimum Gasteiger partial charge on any atom is -0.300 e. The number of rotatable bonds is 2. The third-order valence-electron chi connectivity index (χ3n) is 4.29. The van der Waals surface area contributed by atoms with Gasteiger partial charge in [0.25, 0.3) is 0 Å². The molecule has 27 heavy (non-hydrogen) atoms. The van der Waals surface area contributed by atoms with Gasteiger partial charge in [-0.1, -0.05) is 91.0 Å². The second-order valence-electron chi connectivity index (χ2n) is 6.79. The topological polar surface area (TPSA) is 17.1 Å². The van der Waals surface area contributed by atoms with Crippen LogP contribution in [-0.4, -0.2) is 5.78 Å². The highest BCUT2D eigenvalue weighted by molar-refractivity contribution is 5.98. The van der Waals surface area contributed by atoms with Crippen molar-refractivity contribution < 1.29 is 4.79 Å². The van der Waals surface area contributed by atoms with Crippen molar-refractivity contribution in [2.75, 3.05) is 0 Å². The molecule has 0 fully saturated rings. The number of hydrogen-bond acceptors (Lipinski definition) is 1. The van der Waals surface area contributed by atoms with Crippen LogP contribution in [0.1, 0.15) is 36.1 Å². The van der Waals surface area contributed by atoms with E-state index in [1.807, 2.05) is 0 Å². The van der Waals surface area contributed by atoms with Crippen LogP contribution in [0.2, 0.25) is 0 Å². The molecule has 4 rings (SSSR count). The fraction of sp³-hybridized carbons (Fsp3) is 0.115. The third kappa shape index (κ3) is 5.15.